The third-order valence-corrected chi connectivity index (χ3v) is 3.76. The van der Waals surface area contributed by atoms with Gasteiger partial charge in [0.25, 0.3) is 5.91 Å². The van der Waals surface area contributed by atoms with Crippen molar-refractivity contribution in [1.82, 2.24) is 9.80 Å². The highest BCUT2D eigenvalue weighted by Gasteiger charge is 2.53. The molecule has 2 fully saturated rings. The van der Waals surface area contributed by atoms with Crippen LogP contribution in [0.3, 0.4) is 0 Å². The molecule has 0 N–H and O–H groups in total. The Bertz CT molecular complexity index is 337. The van der Waals surface area contributed by atoms with Gasteiger partial charge in [-0.1, -0.05) is 0 Å². The molecule has 2 aliphatic rings. The quantitative estimate of drug-likeness (QED) is 0.710. The minimum atomic E-state index is -4.57. The Balaban J connectivity index is 2.10. The van der Waals surface area contributed by atoms with Crippen molar-refractivity contribution in [1.29, 1.82) is 0 Å². The van der Waals surface area contributed by atoms with Gasteiger partial charge in [0.1, 0.15) is 0 Å². The molecule has 0 aromatic heterocycles. The Labute approximate surface area is 103 Å². The van der Waals surface area contributed by atoms with E-state index < -0.39 is 24.3 Å². The monoisotopic (exact) mass is 268 g/mol. The van der Waals surface area contributed by atoms with E-state index in [9.17, 15) is 22.4 Å². The summed E-state index contributed by atoms with van der Waals surface area (Å²) in [5.74, 6) is -6.31. The first-order valence-corrected chi connectivity index (χ1v) is 6.05. The fourth-order valence-corrected chi connectivity index (χ4v) is 2.76. The van der Waals surface area contributed by atoms with Gasteiger partial charge in [-0.3, -0.25) is 9.69 Å². The van der Waals surface area contributed by atoms with Crippen molar-refractivity contribution < 1.29 is 22.4 Å². The molecule has 2 aliphatic heterocycles. The van der Waals surface area contributed by atoms with E-state index in [1.165, 1.54) is 0 Å². The molecule has 0 aromatic rings. The standard InChI is InChI=1S/C11H16F4N2O/c1-7-5-16-4-2-3-8(16)6-17(7)10(18)11(14,15)9(12)13/h7-9H,2-6H2,1H3. The molecule has 7 heteroatoms. The van der Waals surface area contributed by atoms with Crippen LogP contribution in [0.4, 0.5) is 17.6 Å². The first kappa shape index (κ1) is 13.6. The predicted molar refractivity (Wildman–Crippen MR) is 56.7 cm³/mol. The third-order valence-electron chi connectivity index (χ3n) is 3.76. The Morgan fingerprint density at radius 1 is 1.33 bits per heavy atom. The molecule has 2 saturated heterocycles. The predicted octanol–water partition coefficient (Wildman–Crippen LogP) is 1.58. The lowest BCUT2D eigenvalue weighted by atomic mass is 10.1. The minimum absolute atomic E-state index is 0.0404. The van der Waals surface area contributed by atoms with Crippen LogP contribution in [0.15, 0.2) is 0 Å². The molecule has 0 spiro atoms. The average molecular weight is 268 g/mol. The molecule has 2 unspecified atom stereocenters. The summed E-state index contributed by atoms with van der Waals surface area (Å²) >= 11 is 0. The molecule has 0 aromatic carbocycles. The van der Waals surface area contributed by atoms with Gasteiger partial charge in [-0.15, -0.1) is 0 Å². The van der Waals surface area contributed by atoms with Crippen LogP contribution in [-0.2, 0) is 4.79 Å². The van der Waals surface area contributed by atoms with Crippen LogP contribution >= 0.6 is 0 Å². The molecular weight excluding hydrogens is 252 g/mol. The molecule has 2 atom stereocenters. The summed E-state index contributed by atoms with van der Waals surface area (Å²) in [7, 11) is 0. The van der Waals surface area contributed by atoms with E-state index in [0.29, 0.717) is 6.54 Å². The topological polar surface area (TPSA) is 23.6 Å². The average Bonchev–Trinajstić information content (AvgIpc) is 2.73. The second-order valence-corrected chi connectivity index (χ2v) is 5.02. The number of nitrogens with zero attached hydrogens (tertiary/aromatic N) is 2. The molecule has 0 saturated carbocycles. The van der Waals surface area contributed by atoms with E-state index in [4.69, 9.17) is 0 Å². The second-order valence-electron chi connectivity index (χ2n) is 5.02. The van der Waals surface area contributed by atoms with E-state index >= 15 is 0 Å². The van der Waals surface area contributed by atoms with Gasteiger partial charge >= 0.3 is 12.3 Å². The number of fused-ring (bicyclic) bond motifs is 1. The zero-order valence-electron chi connectivity index (χ0n) is 10.1. The Morgan fingerprint density at radius 2 is 2.00 bits per heavy atom. The van der Waals surface area contributed by atoms with Gasteiger partial charge in [-0.25, -0.2) is 8.78 Å². The van der Waals surface area contributed by atoms with Crippen molar-refractivity contribution in [2.24, 2.45) is 0 Å². The highest BCUT2D eigenvalue weighted by Crippen LogP contribution is 2.30. The molecule has 3 nitrogen and oxygen atoms in total. The SMILES string of the molecule is CC1CN2CCCC2CN1C(=O)C(F)(F)C(F)F. The summed E-state index contributed by atoms with van der Waals surface area (Å²) in [5, 5.41) is 0. The summed E-state index contributed by atoms with van der Waals surface area (Å²) in [6.45, 7) is 3.12. The fraction of sp³-hybridized carbons (Fsp3) is 0.909. The normalized spacial score (nSPS) is 29.8. The summed E-state index contributed by atoms with van der Waals surface area (Å²) in [4.78, 5) is 14.6. The van der Waals surface area contributed by atoms with E-state index in [1.54, 1.807) is 6.92 Å². The minimum Gasteiger partial charge on any atom is -0.332 e. The number of carbonyl (C=O) groups excluding carboxylic acids is 1. The maximum absolute atomic E-state index is 13.1. The lowest BCUT2D eigenvalue weighted by Crippen LogP contribution is -2.61. The number of carbonyl (C=O) groups is 1. The van der Waals surface area contributed by atoms with Crippen molar-refractivity contribution in [2.75, 3.05) is 19.6 Å². The van der Waals surface area contributed by atoms with E-state index in [2.05, 4.69) is 4.90 Å². The summed E-state index contributed by atoms with van der Waals surface area (Å²) in [5.41, 5.74) is 0. The van der Waals surface area contributed by atoms with Gasteiger partial charge in [0.05, 0.1) is 0 Å². The lowest BCUT2D eigenvalue weighted by molar-refractivity contribution is -0.185. The first-order valence-electron chi connectivity index (χ1n) is 6.05. The van der Waals surface area contributed by atoms with Crippen LogP contribution in [0.25, 0.3) is 0 Å². The maximum atomic E-state index is 13.1. The van der Waals surface area contributed by atoms with Gasteiger partial charge in [-0.2, -0.15) is 8.78 Å². The highest BCUT2D eigenvalue weighted by molar-refractivity contribution is 5.84. The van der Waals surface area contributed by atoms with E-state index in [1.807, 2.05) is 0 Å². The number of hydrogen-bond donors (Lipinski definition) is 0. The molecular formula is C11H16F4N2O. The number of rotatable bonds is 2. The molecule has 0 bridgehead atoms. The number of alkyl halides is 4. The maximum Gasteiger partial charge on any atom is 0.383 e. The van der Waals surface area contributed by atoms with Crippen LogP contribution in [0.1, 0.15) is 19.8 Å². The number of amides is 1. The number of halogens is 4. The van der Waals surface area contributed by atoms with Crippen molar-refractivity contribution >= 4 is 5.91 Å². The zero-order valence-corrected chi connectivity index (χ0v) is 10.1. The van der Waals surface area contributed by atoms with Crippen molar-refractivity contribution in [3.8, 4) is 0 Å². The lowest BCUT2D eigenvalue weighted by Gasteiger charge is -2.43. The highest BCUT2D eigenvalue weighted by atomic mass is 19.3. The Morgan fingerprint density at radius 3 is 2.61 bits per heavy atom. The number of hydrogen-bond acceptors (Lipinski definition) is 2. The second kappa shape index (κ2) is 4.68. The van der Waals surface area contributed by atoms with E-state index in [0.717, 1.165) is 24.3 Å². The molecule has 1 amide bonds. The Hall–Kier alpha value is -0.850. The van der Waals surface area contributed by atoms with Gasteiger partial charge in [0, 0.05) is 25.2 Å². The number of piperazine rings is 1. The fourth-order valence-electron chi connectivity index (χ4n) is 2.76. The van der Waals surface area contributed by atoms with Crippen molar-refractivity contribution in [3.05, 3.63) is 0 Å². The molecule has 0 radical (unpaired) electrons. The largest absolute Gasteiger partial charge is 0.383 e. The molecule has 104 valence electrons. The van der Waals surface area contributed by atoms with Crippen LogP contribution in [-0.4, -0.2) is 59.8 Å². The third kappa shape index (κ3) is 2.20. The van der Waals surface area contributed by atoms with Crippen LogP contribution in [0, 0.1) is 0 Å². The van der Waals surface area contributed by atoms with Crippen molar-refractivity contribution in [2.45, 2.75) is 44.2 Å². The summed E-state index contributed by atoms with van der Waals surface area (Å²) in [6, 6.07) is -0.407. The molecule has 18 heavy (non-hydrogen) atoms. The van der Waals surface area contributed by atoms with E-state index in [-0.39, 0.29) is 12.6 Å². The summed E-state index contributed by atoms with van der Waals surface area (Å²) < 4.78 is 50.6. The van der Waals surface area contributed by atoms with Gasteiger partial charge in [0.2, 0.25) is 0 Å². The van der Waals surface area contributed by atoms with Crippen molar-refractivity contribution in [3.63, 3.8) is 0 Å². The van der Waals surface area contributed by atoms with Gasteiger partial charge < -0.3 is 4.90 Å². The Kier molecular flexibility index (Phi) is 3.53. The molecule has 2 heterocycles. The van der Waals surface area contributed by atoms with Crippen LogP contribution in [0.2, 0.25) is 0 Å². The summed E-state index contributed by atoms with van der Waals surface area (Å²) in [6.07, 6.45) is -2.15. The molecule has 2 rings (SSSR count). The molecule has 0 aliphatic carbocycles. The van der Waals surface area contributed by atoms with Crippen LogP contribution in [0.5, 0.6) is 0 Å². The van der Waals surface area contributed by atoms with Gasteiger partial charge in [0.15, 0.2) is 0 Å². The first-order chi connectivity index (χ1) is 8.34. The van der Waals surface area contributed by atoms with Crippen LogP contribution < -0.4 is 0 Å². The smallest absolute Gasteiger partial charge is 0.332 e. The van der Waals surface area contributed by atoms with Gasteiger partial charge in [-0.05, 0) is 26.3 Å². The zero-order chi connectivity index (χ0) is 13.5.